The molecule has 0 aliphatic carbocycles. The highest BCUT2D eigenvalue weighted by Crippen LogP contribution is 2.21. The molecule has 1 amide bonds. The fourth-order valence-corrected chi connectivity index (χ4v) is 2.23. The van der Waals surface area contributed by atoms with Crippen LogP contribution >= 0.6 is 0 Å². The summed E-state index contributed by atoms with van der Waals surface area (Å²) in [7, 11) is 0. The van der Waals surface area contributed by atoms with Gasteiger partial charge in [0.2, 0.25) is 5.91 Å². The van der Waals surface area contributed by atoms with Crippen LogP contribution in [-0.4, -0.2) is 22.7 Å². The highest BCUT2D eigenvalue weighted by Gasteiger charge is 2.20. The number of rotatable bonds is 6. The van der Waals surface area contributed by atoms with Crippen molar-refractivity contribution in [3.05, 3.63) is 71.0 Å². The molecule has 2 aromatic carbocycles. The summed E-state index contributed by atoms with van der Waals surface area (Å²) >= 11 is 0. The normalized spacial score (nSPS) is 13.4. The molecule has 0 aliphatic heterocycles. The predicted molar refractivity (Wildman–Crippen MR) is 80.3 cm³/mol. The SMILES string of the molecule is O=C(CC(O)c1ccccc1)NC(CO)c1cc(F)c(F)c(F)c1. The maximum absolute atomic E-state index is 13.3. The van der Waals surface area contributed by atoms with Crippen LogP contribution in [0, 0.1) is 17.5 Å². The van der Waals surface area contributed by atoms with Gasteiger partial charge in [0.25, 0.3) is 0 Å². The third kappa shape index (κ3) is 4.33. The van der Waals surface area contributed by atoms with Crippen molar-refractivity contribution in [3.63, 3.8) is 0 Å². The molecule has 0 saturated heterocycles. The largest absolute Gasteiger partial charge is 0.394 e. The van der Waals surface area contributed by atoms with E-state index in [1.165, 1.54) is 0 Å². The van der Waals surface area contributed by atoms with Crippen molar-refractivity contribution in [1.29, 1.82) is 0 Å². The molecule has 0 aromatic heterocycles. The second-order valence-electron chi connectivity index (χ2n) is 5.23. The first-order chi connectivity index (χ1) is 11.4. The first-order valence-electron chi connectivity index (χ1n) is 7.20. The third-order valence-electron chi connectivity index (χ3n) is 3.49. The van der Waals surface area contributed by atoms with Crippen molar-refractivity contribution in [1.82, 2.24) is 5.32 Å². The van der Waals surface area contributed by atoms with Gasteiger partial charge in [-0.25, -0.2) is 13.2 Å². The molecule has 3 N–H and O–H groups in total. The number of benzene rings is 2. The van der Waals surface area contributed by atoms with Gasteiger partial charge in [-0.2, -0.15) is 0 Å². The molecule has 24 heavy (non-hydrogen) atoms. The Labute approximate surface area is 136 Å². The maximum Gasteiger partial charge on any atom is 0.223 e. The molecule has 128 valence electrons. The number of nitrogens with one attached hydrogen (secondary N) is 1. The van der Waals surface area contributed by atoms with E-state index in [9.17, 15) is 28.2 Å². The minimum Gasteiger partial charge on any atom is -0.394 e. The Bertz CT molecular complexity index is 686. The first-order valence-corrected chi connectivity index (χ1v) is 7.20. The zero-order valence-corrected chi connectivity index (χ0v) is 12.5. The Kier molecular flexibility index (Phi) is 5.94. The Morgan fingerprint density at radius 1 is 1.04 bits per heavy atom. The van der Waals surface area contributed by atoms with E-state index in [1.54, 1.807) is 30.3 Å². The number of aliphatic hydroxyl groups excluding tert-OH is 2. The summed E-state index contributed by atoms with van der Waals surface area (Å²) in [4.78, 5) is 12.0. The lowest BCUT2D eigenvalue weighted by atomic mass is 10.0. The highest BCUT2D eigenvalue weighted by atomic mass is 19.2. The molecule has 2 aromatic rings. The van der Waals surface area contributed by atoms with Gasteiger partial charge in [-0.05, 0) is 23.3 Å². The van der Waals surface area contributed by atoms with E-state index in [2.05, 4.69) is 5.32 Å². The van der Waals surface area contributed by atoms with Crippen molar-refractivity contribution >= 4 is 5.91 Å². The zero-order valence-electron chi connectivity index (χ0n) is 12.5. The van der Waals surface area contributed by atoms with Crippen LogP contribution in [0.5, 0.6) is 0 Å². The fourth-order valence-electron chi connectivity index (χ4n) is 2.23. The van der Waals surface area contributed by atoms with Crippen molar-refractivity contribution < 1.29 is 28.2 Å². The van der Waals surface area contributed by atoms with Crippen molar-refractivity contribution in [3.8, 4) is 0 Å². The fraction of sp³-hybridized carbons (Fsp3) is 0.235. The summed E-state index contributed by atoms with van der Waals surface area (Å²) in [5.74, 6) is -5.08. The first kappa shape index (κ1) is 18.0. The maximum atomic E-state index is 13.3. The summed E-state index contributed by atoms with van der Waals surface area (Å²) < 4.78 is 39.5. The molecule has 2 unspecified atom stereocenters. The lowest BCUT2D eigenvalue weighted by Gasteiger charge is -2.18. The molecule has 2 atom stereocenters. The van der Waals surface area contributed by atoms with Crippen LogP contribution < -0.4 is 5.32 Å². The van der Waals surface area contributed by atoms with Crippen LogP contribution in [0.3, 0.4) is 0 Å². The molecule has 0 saturated carbocycles. The number of carbonyl (C=O) groups excluding carboxylic acids is 1. The summed E-state index contributed by atoms with van der Waals surface area (Å²) in [6, 6.07) is 8.74. The molecule has 0 spiro atoms. The highest BCUT2D eigenvalue weighted by molar-refractivity contribution is 5.77. The van der Waals surface area contributed by atoms with Crippen molar-refractivity contribution in [2.45, 2.75) is 18.6 Å². The van der Waals surface area contributed by atoms with Crippen LogP contribution in [-0.2, 0) is 4.79 Å². The van der Waals surface area contributed by atoms with Gasteiger partial charge < -0.3 is 15.5 Å². The number of hydrogen-bond donors (Lipinski definition) is 3. The minimum absolute atomic E-state index is 0.114. The average molecular weight is 339 g/mol. The molecular formula is C17H16F3NO3. The minimum atomic E-state index is -1.62. The van der Waals surface area contributed by atoms with E-state index in [-0.39, 0.29) is 12.0 Å². The quantitative estimate of drug-likeness (QED) is 0.708. The Morgan fingerprint density at radius 3 is 2.17 bits per heavy atom. The Morgan fingerprint density at radius 2 is 1.62 bits per heavy atom. The molecular weight excluding hydrogens is 323 g/mol. The Balaban J connectivity index is 2.06. The molecule has 0 aliphatic rings. The van der Waals surface area contributed by atoms with Gasteiger partial charge in [-0.15, -0.1) is 0 Å². The van der Waals surface area contributed by atoms with Gasteiger partial charge in [0, 0.05) is 0 Å². The molecule has 4 nitrogen and oxygen atoms in total. The van der Waals surface area contributed by atoms with Crippen molar-refractivity contribution in [2.75, 3.05) is 6.61 Å². The van der Waals surface area contributed by atoms with Crippen LogP contribution in [0.2, 0.25) is 0 Å². The van der Waals surface area contributed by atoms with Gasteiger partial charge in [-0.3, -0.25) is 4.79 Å². The van der Waals surface area contributed by atoms with E-state index in [0.29, 0.717) is 17.7 Å². The summed E-state index contributed by atoms with van der Waals surface area (Å²) in [5.41, 5.74) is 0.420. The zero-order chi connectivity index (χ0) is 17.7. The average Bonchev–Trinajstić information content (AvgIpc) is 2.57. The van der Waals surface area contributed by atoms with Crippen LogP contribution in [0.15, 0.2) is 42.5 Å². The Hall–Kier alpha value is -2.38. The van der Waals surface area contributed by atoms with Crippen molar-refractivity contribution in [2.24, 2.45) is 0 Å². The number of hydrogen-bond acceptors (Lipinski definition) is 3. The number of amides is 1. The third-order valence-corrected chi connectivity index (χ3v) is 3.49. The summed E-state index contributed by atoms with van der Waals surface area (Å²) in [5, 5.41) is 21.6. The smallest absolute Gasteiger partial charge is 0.223 e. The molecule has 0 heterocycles. The number of carbonyl (C=O) groups is 1. The van der Waals surface area contributed by atoms with E-state index < -0.39 is 42.1 Å². The summed E-state index contributed by atoms with van der Waals surface area (Å²) in [6.45, 7) is -0.641. The molecule has 0 fully saturated rings. The van der Waals surface area contributed by atoms with Crippen LogP contribution in [0.25, 0.3) is 0 Å². The lowest BCUT2D eigenvalue weighted by Crippen LogP contribution is -2.32. The second-order valence-corrected chi connectivity index (χ2v) is 5.23. The molecule has 7 heteroatoms. The van der Waals surface area contributed by atoms with Gasteiger partial charge in [0.15, 0.2) is 17.5 Å². The predicted octanol–water partition coefficient (Wildman–Crippen LogP) is 2.38. The summed E-state index contributed by atoms with van der Waals surface area (Å²) in [6.07, 6.45) is -1.36. The van der Waals surface area contributed by atoms with E-state index >= 15 is 0 Å². The van der Waals surface area contributed by atoms with Gasteiger partial charge >= 0.3 is 0 Å². The number of halogens is 3. The topological polar surface area (TPSA) is 69.6 Å². The van der Waals surface area contributed by atoms with E-state index in [0.717, 1.165) is 0 Å². The van der Waals surface area contributed by atoms with Crippen LogP contribution in [0.4, 0.5) is 13.2 Å². The second kappa shape index (κ2) is 7.94. The molecule has 0 bridgehead atoms. The van der Waals surface area contributed by atoms with Crippen LogP contribution in [0.1, 0.15) is 29.7 Å². The van der Waals surface area contributed by atoms with Gasteiger partial charge in [0.1, 0.15) is 0 Å². The van der Waals surface area contributed by atoms with Gasteiger partial charge in [0.05, 0.1) is 25.2 Å². The standard InChI is InChI=1S/C17H16F3NO3/c18-12-6-11(7-13(19)17(12)20)14(9-22)21-16(24)8-15(23)10-4-2-1-3-5-10/h1-7,14-15,22-23H,8-9H2,(H,21,24). The molecule has 0 radical (unpaired) electrons. The van der Waals surface area contributed by atoms with Gasteiger partial charge in [-0.1, -0.05) is 30.3 Å². The number of aliphatic hydroxyl groups is 2. The van der Waals surface area contributed by atoms with E-state index in [1.807, 2.05) is 0 Å². The lowest BCUT2D eigenvalue weighted by molar-refractivity contribution is -0.124. The molecule has 2 rings (SSSR count). The van der Waals surface area contributed by atoms with E-state index in [4.69, 9.17) is 0 Å². The monoisotopic (exact) mass is 339 g/mol.